The molecule has 2 atom stereocenters. The van der Waals surface area contributed by atoms with E-state index in [0.29, 0.717) is 5.92 Å². The van der Waals surface area contributed by atoms with Crippen LogP contribution < -0.4 is 15.1 Å². The van der Waals surface area contributed by atoms with E-state index in [9.17, 15) is 0 Å². The van der Waals surface area contributed by atoms with Gasteiger partial charge in [0.05, 0.1) is 17.9 Å². The van der Waals surface area contributed by atoms with E-state index < -0.39 is 8.32 Å². The standard InChI is InChI=1S/C42H57N3O3Si/c1-42(2,3)49(35-12-8-6-9-13-35,36-14-10-7-11-15-36)47-30-34-26-33(34)27-45-24-22-31(23-25-45)18-20-39-37-19-21-40(46-29-32-16-17-32)38(28-44(4)5)41(37)48-43-39/h6-15,19,21,31-34H,16-18,20,22-30H2,1-5H3/t33-,34-/m0/s1. The van der Waals surface area contributed by atoms with Gasteiger partial charge in [-0.2, -0.15) is 0 Å². The number of hydrogen-bond acceptors (Lipinski definition) is 6. The summed E-state index contributed by atoms with van der Waals surface area (Å²) in [6.07, 6.45) is 8.57. The molecule has 0 bridgehead atoms. The number of ether oxygens (including phenoxy) is 1. The topological polar surface area (TPSA) is 51.0 Å². The fourth-order valence-corrected chi connectivity index (χ4v) is 12.8. The van der Waals surface area contributed by atoms with Gasteiger partial charge in [-0.05, 0) is 123 Å². The number of benzene rings is 3. The van der Waals surface area contributed by atoms with Gasteiger partial charge >= 0.3 is 0 Å². The van der Waals surface area contributed by atoms with E-state index in [1.165, 1.54) is 68.5 Å². The Morgan fingerprint density at radius 2 is 1.51 bits per heavy atom. The summed E-state index contributed by atoms with van der Waals surface area (Å²) in [5.74, 6) is 3.84. The molecule has 0 radical (unpaired) electrons. The van der Waals surface area contributed by atoms with Crippen LogP contribution in [0.15, 0.2) is 77.3 Å². The number of piperidine rings is 1. The van der Waals surface area contributed by atoms with Gasteiger partial charge in [0, 0.05) is 25.1 Å². The maximum Gasteiger partial charge on any atom is 0.261 e. The van der Waals surface area contributed by atoms with Crippen molar-refractivity contribution in [2.45, 2.75) is 77.3 Å². The van der Waals surface area contributed by atoms with Crippen molar-refractivity contribution in [3.63, 3.8) is 0 Å². The van der Waals surface area contributed by atoms with Gasteiger partial charge in [0.25, 0.3) is 8.32 Å². The van der Waals surface area contributed by atoms with E-state index in [4.69, 9.17) is 13.7 Å². The third kappa shape index (κ3) is 7.85. The number of rotatable bonds is 15. The van der Waals surface area contributed by atoms with Crippen LogP contribution in [-0.2, 0) is 17.4 Å². The predicted molar refractivity (Wildman–Crippen MR) is 202 cm³/mol. The molecule has 2 saturated carbocycles. The Morgan fingerprint density at radius 1 is 0.837 bits per heavy atom. The average Bonchev–Trinajstić information content (AvgIpc) is 4.02. The largest absolute Gasteiger partial charge is 0.493 e. The monoisotopic (exact) mass is 679 g/mol. The zero-order valence-electron chi connectivity index (χ0n) is 30.5. The minimum Gasteiger partial charge on any atom is -0.493 e. The van der Waals surface area contributed by atoms with Gasteiger partial charge in [-0.25, -0.2) is 0 Å². The van der Waals surface area contributed by atoms with Crippen molar-refractivity contribution in [3.05, 3.63) is 84.1 Å². The lowest BCUT2D eigenvalue weighted by Crippen LogP contribution is -2.66. The number of aryl methyl sites for hydroxylation is 1. The van der Waals surface area contributed by atoms with Gasteiger partial charge in [-0.15, -0.1) is 0 Å². The van der Waals surface area contributed by atoms with Crippen LogP contribution in [0.5, 0.6) is 5.75 Å². The Bertz CT molecular complexity index is 1620. The lowest BCUT2D eigenvalue weighted by Gasteiger charge is -2.43. The van der Waals surface area contributed by atoms with Gasteiger partial charge in [-0.1, -0.05) is 86.6 Å². The molecule has 3 aromatic carbocycles. The number of fused-ring (bicyclic) bond motifs is 1. The lowest BCUT2D eigenvalue weighted by molar-refractivity contribution is 0.167. The van der Waals surface area contributed by atoms with E-state index in [1.54, 1.807) is 0 Å². The third-order valence-corrected chi connectivity index (χ3v) is 16.4. The highest BCUT2D eigenvalue weighted by molar-refractivity contribution is 6.99. The first-order valence-electron chi connectivity index (χ1n) is 18.9. The Labute approximate surface area is 295 Å². The van der Waals surface area contributed by atoms with Gasteiger partial charge in [-0.3, -0.25) is 0 Å². The van der Waals surface area contributed by atoms with Crippen LogP contribution >= 0.6 is 0 Å². The van der Waals surface area contributed by atoms with Gasteiger partial charge < -0.3 is 23.5 Å². The van der Waals surface area contributed by atoms with E-state index in [1.807, 2.05) is 0 Å². The molecule has 4 aromatic rings. The molecular formula is C42H57N3O3Si. The summed E-state index contributed by atoms with van der Waals surface area (Å²) < 4.78 is 19.5. The highest BCUT2D eigenvalue weighted by Crippen LogP contribution is 2.43. The first-order valence-corrected chi connectivity index (χ1v) is 20.8. The molecule has 1 saturated heterocycles. The maximum atomic E-state index is 7.28. The van der Waals surface area contributed by atoms with Gasteiger partial charge in [0.15, 0.2) is 5.58 Å². The zero-order valence-corrected chi connectivity index (χ0v) is 31.5. The van der Waals surface area contributed by atoms with Crippen molar-refractivity contribution in [1.82, 2.24) is 15.0 Å². The van der Waals surface area contributed by atoms with Crippen LogP contribution in [0.25, 0.3) is 11.0 Å². The third-order valence-electron chi connectivity index (χ3n) is 11.4. The zero-order chi connectivity index (χ0) is 34.0. The number of hydrogen-bond donors (Lipinski definition) is 0. The minimum atomic E-state index is -2.47. The van der Waals surface area contributed by atoms with Crippen molar-refractivity contribution in [3.8, 4) is 5.75 Å². The van der Waals surface area contributed by atoms with Crippen molar-refractivity contribution in [2.24, 2.45) is 23.7 Å². The van der Waals surface area contributed by atoms with E-state index in [2.05, 4.69) is 123 Å². The average molecular weight is 680 g/mol. The summed E-state index contributed by atoms with van der Waals surface area (Å²) in [5.41, 5.74) is 3.14. The molecular weight excluding hydrogens is 623 g/mol. The summed E-state index contributed by atoms with van der Waals surface area (Å²) in [4.78, 5) is 4.91. The molecule has 1 aromatic heterocycles. The first kappa shape index (κ1) is 34.5. The predicted octanol–water partition coefficient (Wildman–Crippen LogP) is 7.54. The van der Waals surface area contributed by atoms with Crippen LogP contribution in [0.1, 0.15) is 70.6 Å². The molecule has 1 aliphatic heterocycles. The molecule has 6 nitrogen and oxygen atoms in total. The van der Waals surface area contributed by atoms with Crippen LogP contribution in [0.3, 0.4) is 0 Å². The second-order valence-corrected chi connectivity index (χ2v) is 20.9. The molecule has 7 rings (SSSR count). The molecule has 3 aliphatic rings. The fourth-order valence-electron chi connectivity index (χ4n) is 8.23. The summed E-state index contributed by atoms with van der Waals surface area (Å²) in [5, 5.41) is 8.53. The van der Waals surface area contributed by atoms with Gasteiger partial charge in [0.1, 0.15) is 5.75 Å². The molecule has 0 N–H and O–H groups in total. The summed E-state index contributed by atoms with van der Waals surface area (Å²) in [6, 6.07) is 26.5. The van der Waals surface area contributed by atoms with Crippen molar-refractivity contribution < 1.29 is 13.7 Å². The lowest BCUT2D eigenvalue weighted by atomic mass is 9.91. The van der Waals surface area contributed by atoms with Crippen LogP contribution in [0, 0.1) is 23.7 Å². The fraction of sp³-hybridized carbons (Fsp3) is 0.548. The second-order valence-electron chi connectivity index (χ2n) is 16.6. The van der Waals surface area contributed by atoms with Crippen molar-refractivity contribution in [2.75, 3.05) is 46.9 Å². The molecule has 7 heteroatoms. The highest BCUT2D eigenvalue weighted by Gasteiger charge is 2.51. The Morgan fingerprint density at radius 3 is 2.12 bits per heavy atom. The summed E-state index contributed by atoms with van der Waals surface area (Å²) >= 11 is 0. The molecule has 3 fully saturated rings. The van der Waals surface area contributed by atoms with Crippen LogP contribution in [0.2, 0.25) is 5.04 Å². The van der Waals surface area contributed by atoms with Crippen LogP contribution in [-0.4, -0.2) is 70.2 Å². The van der Waals surface area contributed by atoms with E-state index in [0.717, 1.165) is 71.9 Å². The molecule has 49 heavy (non-hydrogen) atoms. The SMILES string of the molecule is CN(C)Cc1c(OCC2CC2)ccc2c(CCC3CCN(C[C@@H]4C[C@H]4CO[Si](c4ccccc4)(c4ccccc4)C(C)(C)C)CC3)noc12. The minimum absolute atomic E-state index is 0.0294. The second kappa shape index (κ2) is 14.7. The Hall–Kier alpha value is -2.97. The summed E-state index contributed by atoms with van der Waals surface area (Å²) in [7, 11) is 1.73. The Kier molecular flexibility index (Phi) is 10.3. The molecule has 0 unspecified atom stereocenters. The maximum absolute atomic E-state index is 7.28. The molecule has 2 heterocycles. The molecule has 0 spiro atoms. The number of aromatic nitrogens is 1. The van der Waals surface area contributed by atoms with E-state index in [-0.39, 0.29) is 5.04 Å². The Balaban J connectivity index is 0.910. The van der Waals surface area contributed by atoms with Gasteiger partial charge in [0.2, 0.25) is 0 Å². The van der Waals surface area contributed by atoms with Crippen molar-refractivity contribution >= 4 is 29.7 Å². The molecule has 2 aliphatic carbocycles. The number of nitrogens with zero attached hydrogens (tertiary/aromatic N) is 3. The quantitative estimate of drug-likeness (QED) is 0.121. The summed E-state index contributed by atoms with van der Waals surface area (Å²) in [6.45, 7) is 13.2. The molecule has 262 valence electrons. The van der Waals surface area contributed by atoms with Crippen LogP contribution in [0.4, 0.5) is 0 Å². The molecule has 0 amide bonds. The smallest absolute Gasteiger partial charge is 0.261 e. The first-order chi connectivity index (χ1) is 23.7. The highest BCUT2D eigenvalue weighted by atomic mass is 28.4. The normalized spacial score (nSPS) is 20.7. The van der Waals surface area contributed by atoms with Crippen molar-refractivity contribution in [1.29, 1.82) is 0 Å². The number of likely N-dealkylation sites (tertiary alicyclic amines) is 1. The van der Waals surface area contributed by atoms with E-state index >= 15 is 0 Å².